The van der Waals surface area contributed by atoms with Crippen LogP contribution in [0.3, 0.4) is 0 Å². The minimum Gasteiger partial charge on any atom is -0.484 e. The molecule has 0 radical (unpaired) electrons. The van der Waals surface area contributed by atoms with Gasteiger partial charge in [0.2, 0.25) is 0 Å². The third-order valence-corrected chi connectivity index (χ3v) is 2.75. The van der Waals surface area contributed by atoms with Crippen molar-refractivity contribution in [2.24, 2.45) is 5.92 Å². The summed E-state index contributed by atoms with van der Waals surface area (Å²) in [6.45, 7) is 3.43. The second-order valence-corrected chi connectivity index (χ2v) is 4.99. The van der Waals surface area contributed by atoms with Crippen molar-refractivity contribution in [1.82, 2.24) is 5.32 Å². The molecular weight excluding hydrogens is 271 g/mol. The van der Waals surface area contributed by atoms with Gasteiger partial charge in [-0.3, -0.25) is 0 Å². The first kappa shape index (κ1) is 16.8. The zero-order valence-corrected chi connectivity index (χ0v) is 11.6. The number of alkyl halides is 3. The Morgan fingerprint density at radius 3 is 2.60 bits per heavy atom. The third kappa shape index (κ3) is 6.77. The molecule has 0 bridgehead atoms. The smallest absolute Gasteiger partial charge is 0.422 e. The molecule has 0 aliphatic heterocycles. The van der Waals surface area contributed by atoms with Crippen molar-refractivity contribution in [2.45, 2.75) is 32.7 Å². The summed E-state index contributed by atoms with van der Waals surface area (Å²) in [7, 11) is 0. The van der Waals surface area contributed by atoms with Crippen molar-refractivity contribution in [2.75, 3.05) is 13.2 Å². The van der Waals surface area contributed by atoms with Crippen LogP contribution in [0.2, 0.25) is 0 Å². The number of ether oxygens (including phenoxy) is 1. The second-order valence-electron chi connectivity index (χ2n) is 4.99. The number of aliphatic hydroxyl groups excluding tert-OH is 1. The Balaban J connectivity index is 2.43. The van der Waals surface area contributed by atoms with Crippen LogP contribution >= 0.6 is 0 Å². The molecule has 0 saturated carbocycles. The van der Waals surface area contributed by atoms with E-state index in [2.05, 4.69) is 10.1 Å². The lowest BCUT2D eigenvalue weighted by Crippen LogP contribution is -2.30. The molecule has 1 unspecified atom stereocenters. The summed E-state index contributed by atoms with van der Waals surface area (Å²) in [5.74, 6) is 0.343. The van der Waals surface area contributed by atoms with E-state index in [1.807, 2.05) is 13.8 Å². The molecule has 1 aromatic carbocycles. The van der Waals surface area contributed by atoms with Crippen molar-refractivity contribution in [1.29, 1.82) is 0 Å². The molecule has 1 rings (SSSR count). The van der Waals surface area contributed by atoms with Gasteiger partial charge in [-0.25, -0.2) is 0 Å². The summed E-state index contributed by atoms with van der Waals surface area (Å²) in [6, 6.07) is 6.47. The fourth-order valence-electron chi connectivity index (χ4n) is 1.51. The van der Waals surface area contributed by atoms with Crippen molar-refractivity contribution in [3.63, 3.8) is 0 Å². The van der Waals surface area contributed by atoms with E-state index < -0.39 is 18.9 Å². The van der Waals surface area contributed by atoms with Gasteiger partial charge >= 0.3 is 6.18 Å². The minimum atomic E-state index is -4.34. The molecule has 0 aromatic heterocycles. The van der Waals surface area contributed by atoms with Gasteiger partial charge in [0.15, 0.2) is 6.61 Å². The maximum atomic E-state index is 12.0. The van der Waals surface area contributed by atoms with Crippen molar-refractivity contribution in [3.05, 3.63) is 29.8 Å². The molecule has 1 atom stereocenters. The van der Waals surface area contributed by atoms with Crippen LogP contribution in [0.25, 0.3) is 0 Å². The lowest BCUT2D eigenvalue weighted by atomic mass is 10.1. The SMILES string of the molecule is CC(C)C(O)CNCc1cccc(OCC(F)(F)F)c1. The summed E-state index contributed by atoms with van der Waals surface area (Å²) >= 11 is 0. The number of nitrogens with one attached hydrogen (secondary N) is 1. The molecule has 1 aromatic rings. The number of benzene rings is 1. The minimum absolute atomic E-state index is 0.156. The fraction of sp³-hybridized carbons (Fsp3) is 0.571. The Morgan fingerprint density at radius 1 is 1.30 bits per heavy atom. The molecule has 0 fully saturated rings. The van der Waals surface area contributed by atoms with E-state index in [-0.39, 0.29) is 11.7 Å². The first-order chi connectivity index (χ1) is 9.28. The molecule has 114 valence electrons. The molecule has 20 heavy (non-hydrogen) atoms. The van der Waals surface area contributed by atoms with Crippen LogP contribution in [0.1, 0.15) is 19.4 Å². The predicted octanol–water partition coefficient (Wildman–Crippen LogP) is 2.73. The molecule has 0 saturated heterocycles. The van der Waals surface area contributed by atoms with Gasteiger partial charge in [0, 0.05) is 13.1 Å². The Hall–Kier alpha value is -1.27. The summed E-state index contributed by atoms with van der Waals surface area (Å²) in [6.07, 6.45) is -4.78. The first-order valence-electron chi connectivity index (χ1n) is 6.45. The zero-order valence-electron chi connectivity index (χ0n) is 11.6. The van der Waals surface area contributed by atoms with Crippen LogP contribution in [0.4, 0.5) is 13.2 Å². The van der Waals surface area contributed by atoms with Gasteiger partial charge in [0.25, 0.3) is 0 Å². The van der Waals surface area contributed by atoms with Gasteiger partial charge in [0.1, 0.15) is 5.75 Å². The van der Waals surface area contributed by atoms with E-state index in [1.54, 1.807) is 18.2 Å². The normalized spacial score (nSPS) is 13.6. The number of rotatable bonds is 7. The molecule has 0 spiro atoms. The summed E-state index contributed by atoms with van der Waals surface area (Å²) in [5, 5.41) is 12.7. The maximum absolute atomic E-state index is 12.0. The molecule has 0 heterocycles. The van der Waals surface area contributed by atoms with E-state index in [9.17, 15) is 18.3 Å². The number of halogens is 3. The van der Waals surface area contributed by atoms with E-state index in [4.69, 9.17) is 0 Å². The van der Waals surface area contributed by atoms with Gasteiger partial charge in [-0.2, -0.15) is 13.2 Å². The van der Waals surface area contributed by atoms with Crippen LogP contribution in [-0.4, -0.2) is 30.5 Å². The van der Waals surface area contributed by atoms with E-state index >= 15 is 0 Å². The van der Waals surface area contributed by atoms with Crippen LogP contribution in [0, 0.1) is 5.92 Å². The van der Waals surface area contributed by atoms with Crippen LogP contribution in [-0.2, 0) is 6.54 Å². The van der Waals surface area contributed by atoms with Gasteiger partial charge in [-0.1, -0.05) is 26.0 Å². The van der Waals surface area contributed by atoms with Gasteiger partial charge in [0.05, 0.1) is 6.10 Å². The Labute approximate surface area is 116 Å². The largest absolute Gasteiger partial charge is 0.484 e. The molecule has 0 amide bonds. The quantitative estimate of drug-likeness (QED) is 0.811. The summed E-state index contributed by atoms with van der Waals surface area (Å²) in [4.78, 5) is 0. The van der Waals surface area contributed by atoms with Crippen LogP contribution in [0.5, 0.6) is 5.75 Å². The molecule has 2 N–H and O–H groups in total. The molecule has 0 aliphatic carbocycles. The lowest BCUT2D eigenvalue weighted by molar-refractivity contribution is -0.153. The second kappa shape index (κ2) is 7.50. The van der Waals surface area contributed by atoms with Gasteiger partial charge in [-0.15, -0.1) is 0 Å². The number of hydrogen-bond acceptors (Lipinski definition) is 3. The van der Waals surface area contributed by atoms with Crippen molar-refractivity contribution < 1.29 is 23.0 Å². The topological polar surface area (TPSA) is 41.5 Å². The molecule has 0 aliphatic rings. The van der Waals surface area contributed by atoms with E-state index in [1.165, 1.54) is 6.07 Å². The standard InChI is InChI=1S/C14H20F3NO2/c1-10(2)13(19)8-18-7-11-4-3-5-12(6-11)20-9-14(15,16)17/h3-6,10,13,18-19H,7-9H2,1-2H3. The highest BCUT2D eigenvalue weighted by molar-refractivity contribution is 5.28. The maximum Gasteiger partial charge on any atom is 0.422 e. The Bertz CT molecular complexity index is 408. The highest BCUT2D eigenvalue weighted by Crippen LogP contribution is 2.19. The Morgan fingerprint density at radius 2 is 2.00 bits per heavy atom. The number of hydrogen-bond donors (Lipinski definition) is 2. The van der Waals surface area contributed by atoms with E-state index in [0.29, 0.717) is 13.1 Å². The van der Waals surface area contributed by atoms with Gasteiger partial charge < -0.3 is 15.2 Å². The third-order valence-electron chi connectivity index (χ3n) is 2.75. The average Bonchev–Trinajstić information content (AvgIpc) is 2.36. The van der Waals surface area contributed by atoms with Crippen LogP contribution < -0.4 is 10.1 Å². The molecule has 6 heteroatoms. The fourth-order valence-corrected chi connectivity index (χ4v) is 1.51. The molecular formula is C14H20F3NO2. The Kier molecular flexibility index (Phi) is 6.29. The highest BCUT2D eigenvalue weighted by Gasteiger charge is 2.28. The van der Waals surface area contributed by atoms with Gasteiger partial charge in [-0.05, 0) is 23.6 Å². The molecule has 3 nitrogen and oxygen atoms in total. The summed E-state index contributed by atoms with van der Waals surface area (Å²) < 4.78 is 40.8. The first-order valence-corrected chi connectivity index (χ1v) is 6.45. The summed E-state index contributed by atoms with van der Waals surface area (Å²) in [5.41, 5.74) is 0.806. The number of aliphatic hydroxyl groups is 1. The van der Waals surface area contributed by atoms with Crippen molar-refractivity contribution in [3.8, 4) is 5.75 Å². The zero-order chi connectivity index (χ0) is 15.2. The monoisotopic (exact) mass is 291 g/mol. The van der Waals surface area contributed by atoms with Crippen LogP contribution in [0.15, 0.2) is 24.3 Å². The highest BCUT2D eigenvalue weighted by atomic mass is 19.4. The lowest BCUT2D eigenvalue weighted by Gasteiger charge is -2.15. The van der Waals surface area contributed by atoms with E-state index in [0.717, 1.165) is 5.56 Å². The predicted molar refractivity (Wildman–Crippen MR) is 70.5 cm³/mol. The van der Waals surface area contributed by atoms with Crippen molar-refractivity contribution >= 4 is 0 Å². The average molecular weight is 291 g/mol.